The number of halogens is 4. The Balaban J connectivity index is 1.44. The predicted molar refractivity (Wildman–Crippen MR) is 169 cm³/mol. The lowest BCUT2D eigenvalue weighted by molar-refractivity contribution is -0.174. The lowest BCUT2D eigenvalue weighted by Gasteiger charge is -2.46. The maximum Gasteiger partial charge on any atom is 0.471 e. The predicted octanol–water partition coefficient (Wildman–Crippen LogP) is 5.06. The molecule has 1 fully saturated rings. The van der Waals surface area contributed by atoms with Crippen molar-refractivity contribution in [2.75, 3.05) is 31.2 Å². The van der Waals surface area contributed by atoms with Gasteiger partial charge in [-0.2, -0.15) is 13.2 Å². The number of hydrogen-bond acceptors (Lipinski definition) is 7. The average molecular weight is 696 g/mol. The summed E-state index contributed by atoms with van der Waals surface area (Å²) in [5.41, 5.74) is 0.625. The van der Waals surface area contributed by atoms with Crippen molar-refractivity contribution >= 4 is 39.1 Å². The van der Waals surface area contributed by atoms with Crippen molar-refractivity contribution < 1.29 is 40.7 Å². The summed E-state index contributed by atoms with van der Waals surface area (Å²) in [5, 5.41) is 2.79. The Hall–Kier alpha value is -3.29. The third-order valence-electron chi connectivity index (χ3n) is 9.92. The van der Waals surface area contributed by atoms with Crippen molar-refractivity contribution in [3.8, 4) is 5.75 Å². The molecule has 1 spiro atoms. The van der Waals surface area contributed by atoms with Gasteiger partial charge in [0.1, 0.15) is 11.4 Å². The van der Waals surface area contributed by atoms with E-state index in [1.807, 2.05) is 18.2 Å². The third kappa shape index (κ3) is 6.71. The number of benzene rings is 2. The molecule has 1 saturated carbocycles. The summed E-state index contributed by atoms with van der Waals surface area (Å²) in [6.07, 6.45) is 1.65. The maximum atomic E-state index is 13.5. The first-order valence-electron chi connectivity index (χ1n) is 15.6. The second-order valence-electron chi connectivity index (χ2n) is 13.4. The molecule has 2 aliphatic heterocycles. The lowest BCUT2D eigenvalue weighted by Crippen LogP contribution is -2.53. The Labute approximate surface area is 276 Å². The van der Waals surface area contributed by atoms with Crippen LogP contribution >= 0.6 is 11.6 Å². The first kappa shape index (κ1) is 33.6. The fraction of sp³-hybridized carbons (Fsp3) is 0.515. The Bertz CT molecular complexity index is 1720. The second-order valence-corrected chi connectivity index (χ2v) is 15.5. The number of nitrogens with zero attached hydrogens (tertiary/aromatic N) is 1. The standard InChI is InChI=1S/C33H37ClF3N3O6S/c1-31(2)29(41)39-47(43,44)23-9-12-28-27(16-23)40(18-32(19-45-28)13-3-5-20-15-22(34)8-11-25(20)32)17-21-7-10-24(21)26(6-4-14-46-31)38-30(42)33(35,36)37/h4,6,8-9,11-12,15-16,21,24,26H,3,5,7,10,13-14,17-19H2,1-2H3,(H,38,42)(H,39,41)/t21-,24+,26-,32-/m0/s1. The first-order chi connectivity index (χ1) is 22.1. The number of sulfonamides is 1. The van der Waals surface area contributed by atoms with E-state index in [-0.39, 0.29) is 23.3 Å². The van der Waals surface area contributed by atoms with Crippen LogP contribution in [0.3, 0.4) is 0 Å². The summed E-state index contributed by atoms with van der Waals surface area (Å²) in [5.74, 6) is -2.98. The Morgan fingerprint density at radius 2 is 1.94 bits per heavy atom. The third-order valence-corrected chi connectivity index (χ3v) is 11.5. The number of anilines is 1. The van der Waals surface area contributed by atoms with Gasteiger partial charge >= 0.3 is 12.1 Å². The van der Waals surface area contributed by atoms with E-state index < -0.39 is 45.1 Å². The molecule has 0 unspecified atom stereocenters. The highest BCUT2D eigenvalue weighted by Crippen LogP contribution is 2.47. The van der Waals surface area contributed by atoms with Crippen molar-refractivity contribution in [1.29, 1.82) is 0 Å². The molecular formula is C33H37ClF3N3O6S. The highest BCUT2D eigenvalue weighted by molar-refractivity contribution is 7.90. The molecule has 6 rings (SSSR count). The van der Waals surface area contributed by atoms with E-state index >= 15 is 0 Å². The summed E-state index contributed by atoms with van der Waals surface area (Å²) >= 11 is 6.35. The van der Waals surface area contributed by atoms with E-state index in [0.717, 1.165) is 30.4 Å². The number of carbonyl (C=O) groups excluding carboxylic acids is 2. The van der Waals surface area contributed by atoms with Gasteiger partial charge in [-0.05, 0) is 99.2 Å². The molecular weight excluding hydrogens is 659 g/mol. The highest BCUT2D eigenvalue weighted by atomic mass is 35.5. The Kier molecular flexibility index (Phi) is 8.80. The van der Waals surface area contributed by atoms with Crippen molar-refractivity contribution in [3.05, 3.63) is 64.7 Å². The molecule has 2 bridgehead atoms. The van der Waals surface area contributed by atoms with E-state index in [0.29, 0.717) is 49.0 Å². The number of carbonyl (C=O) groups is 2. The summed E-state index contributed by atoms with van der Waals surface area (Å²) in [6, 6.07) is 9.31. The fourth-order valence-electron chi connectivity index (χ4n) is 7.20. The number of fused-ring (bicyclic) bond motifs is 4. The van der Waals surface area contributed by atoms with E-state index in [9.17, 15) is 31.2 Å². The van der Waals surface area contributed by atoms with Gasteiger partial charge < -0.3 is 19.7 Å². The maximum absolute atomic E-state index is 13.5. The number of hydrogen-bond donors (Lipinski definition) is 2. The molecule has 0 aromatic heterocycles. The van der Waals surface area contributed by atoms with Crippen LogP contribution in [0.5, 0.6) is 5.75 Å². The van der Waals surface area contributed by atoms with Gasteiger partial charge in [-0.15, -0.1) is 0 Å². The quantitative estimate of drug-likeness (QED) is 0.402. The zero-order chi connectivity index (χ0) is 33.8. The SMILES string of the molecule is CC1(C)OCC=C[C@H](NC(=O)C(F)(F)F)[C@@H]2CC[C@H]2CN2C[C@@]3(CCCc4cc(Cl)ccc43)COc3ccc(cc32)S(=O)(=O)NC1=O. The summed E-state index contributed by atoms with van der Waals surface area (Å²) < 4.78 is 81.3. The van der Waals surface area contributed by atoms with E-state index in [2.05, 4.69) is 14.9 Å². The highest BCUT2D eigenvalue weighted by Gasteiger charge is 2.46. The molecule has 254 valence electrons. The number of nitrogens with one attached hydrogen (secondary N) is 2. The van der Waals surface area contributed by atoms with Crippen LogP contribution in [0.1, 0.15) is 50.7 Å². The van der Waals surface area contributed by atoms with Gasteiger partial charge in [-0.3, -0.25) is 9.59 Å². The molecule has 47 heavy (non-hydrogen) atoms. The van der Waals surface area contributed by atoms with Gasteiger partial charge in [0.2, 0.25) is 0 Å². The number of rotatable bonds is 1. The van der Waals surface area contributed by atoms with Gasteiger partial charge in [0.25, 0.3) is 15.9 Å². The van der Waals surface area contributed by atoms with Gasteiger partial charge in [0.15, 0.2) is 0 Å². The van der Waals surface area contributed by atoms with Crippen molar-refractivity contribution in [2.24, 2.45) is 11.8 Å². The van der Waals surface area contributed by atoms with Gasteiger partial charge in [-0.25, -0.2) is 13.1 Å². The lowest BCUT2D eigenvalue weighted by atomic mass is 9.68. The minimum atomic E-state index is -5.06. The van der Waals surface area contributed by atoms with Crippen LogP contribution in [0.15, 0.2) is 53.4 Å². The molecule has 4 aliphatic rings. The Morgan fingerprint density at radius 1 is 1.15 bits per heavy atom. The molecule has 2 amide bonds. The minimum Gasteiger partial charge on any atom is -0.490 e. The van der Waals surface area contributed by atoms with Crippen LogP contribution in [-0.4, -0.2) is 64.4 Å². The molecule has 2 N–H and O–H groups in total. The summed E-state index contributed by atoms with van der Waals surface area (Å²) in [7, 11) is -4.32. The molecule has 0 radical (unpaired) electrons. The van der Waals surface area contributed by atoms with Crippen molar-refractivity contribution in [3.63, 3.8) is 0 Å². The molecule has 9 nitrogen and oxygen atoms in total. The number of ether oxygens (including phenoxy) is 2. The van der Waals surface area contributed by atoms with Gasteiger partial charge in [0, 0.05) is 23.5 Å². The molecule has 2 heterocycles. The largest absolute Gasteiger partial charge is 0.490 e. The van der Waals surface area contributed by atoms with Gasteiger partial charge in [-0.1, -0.05) is 29.8 Å². The van der Waals surface area contributed by atoms with Crippen molar-refractivity contribution in [1.82, 2.24) is 10.0 Å². The molecule has 2 aromatic rings. The van der Waals surface area contributed by atoms with Crippen molar-refractivity contribution in [2.45, 2.75) is 74.1 Å². The monoisotopic (exact) mass is 695 g/mol. The van der Waals surface area contributed by atoms with Crippen LogP contribution in [0.4, 0.5) is 18.9 Å². The molecule has 0 saturated heterocycles. The summed E-state index contributed by atoms with van der Waals surface area (Å²) in [4.78, 5) is 27.1. The zero-order valence-electron chi connectivity index (χ0n) is 26.0. The molecule has 4 atom stereocenters. The molecule has 14 heteroatoms. The summed E-state index contributed by atoms with van der Waals surface area (Å²) in [6.45, 7) is 3.72. The number of amides is 2. The number of aryl methyl sites for hydroxylation is 1. The average Bonchev–Trinajstić information content (AvgIpc) is 3.13. The molecule has 2 aliphatic carbocycles. The first-order valence-corrected chi connectivity index (χ1v) is 17.5. The van der Waals surface area contributed by atoms with Crippen LogP contribution in [0, 0.1) is 11.8 Å². The smallest absolute Gasteiger partial charge is 0.471 e. The zero-order valence-corrected chi connectivity index (χ0v) is 27.6. The van der Waals surface area contributed by atoms with Gasteiger partial charge in [0.05, 0.1) is 29.8 Å². The van der Waals surface area contributed by atoms with E-state index in [4.69, 9.17) is 21.1 Å². The Morgan fingerprint density at radius 3 is 2.66 bits per heavy atom. The minimum absolute atomic E-state index is 0.139. The van der Waals surface area contributed by atoms with Crippen LogP contribution < -0.4 is 19.7 Å². The van der Waals surface area contributed by atoms with E-state index in [1.54, 1.807) is 6.07 Å². The van der Waals surface area contributed by atoms with E-state index in [1.165, 1.54) is 38.1 Å². The topological polar surface area (TPSA) is 114 Å². The van der Waals surface area contributed by atoms with Crippen LogP contribution in [-0.2, 0) is 36.2 Å². The van der Waals surface area contributed by atoms with Crippen LogP contribution in [0.25, 0.3) is 0 Å². The second kappa shape index (κ2) is 12.3. The molecule has 2 aromatic carbocycles. The fourth-order valence-corrected chi connectivity index (χ4v) is 8.51. The van der Waals surface area contributed by atoms with Crippen LogP contribution in [0.2, 0.25) is 5.02 Å². The normalized spacial score (nSPS) is 28.5. The number of alkyl halides is 3.